The first-order chi connectivity index (χ1) is 13.5. The van der Waals surface area contributed by atoms with E-state index in [4.69, 9.17) is 16.0 Å². The molecule has 0 saturated heterocycles. The minimum absolute atomic E-state index is 0.0899. The van der Waals surface area contributed by atoms with Crippen LogP contribution < -0.4 is 5.11 Å². The molecular weight excluding hydrogens is 378 g/mol. The number of H-pyrrole nitrogens is 1. The second kappa shape index (κ2) is 7.06. The summed E-state index contributed by atoms with van der Waals surface area (Å²) in [4.78, 5) is 18.7. The number of nitrogens with zero attached hydrogens (tertiary/aromatic N) is 2. The van der Waals surface area contributed by atoms with Gasteiger partial charge in [0.25, 0.3) is 0 Å². The summed E-state index contributed by atoms with van der Waals surface area (Å²) in [5.74, 6) is -0.0631. The van der Waals surface area contributed by atoms with E-state index in [9.17, 15) is 15.2 Å². The summed E-state index contributed by atoms with van der Waals surface area (Å²) in [6, 6.07) is 17.5. The quantitative estimate of drug-likeness (QED) is 0.533. The third-order valence-corrected chi connectivity index (χ3v) is 4.48. The lowest BCUT2D eigenvalue weighted by Gasteiger charge is -2.06. The number of fused-ring (bicyclic) bond motifs is 1. The molecule has 0 spiro atoms. The molecule has 28 heavy (non-hydrogen) atoms. The Morgan fingerprint density at radius 3 is 2.79 bits per heavy atom. The number of aromatic carboxylic acids is 1. The zero-order chi connectivity index (χ0) is 19.7. The second-order valence-electron chi connectivity index (χ2n) is 5.96. The van der Waals surface area contributed by atoms with Crippen molar-refractivity contribution in [3.8, 4) is 17.4 Å². The molecule has 0 atom stereocenters. The molecule has 1 N–H and O–H groups in total. The fourth-order valence-electron chi connectivity index (χ4n) is 2.80. The van der Waals surface area contributed by atoms with Crippen LogP contribution in [0.5, 0.6) is 0 Å². The molecule has 0 fully saturated rings. The van der Waals surface area contributed by atoms with Crippen molar-refractivity contribution in [3.05, 3.63) is 76.8 Å². The van der Waals surface area contributed by atoms with E-state index < -0.39 is 5.97 Å². The number of rotatable bonds is 4. The highest BCUT2D eigenvalue weighted by Gasteiger charge is 2.11. The van der Waals surface area contributed by atoms with Gasteiger partial charge in [-0.15, -0.1) is 0 Å². The highest BCUT2D eigenvalue weighted by atomic mass is 35.5. The SMILES string of the molecule is N#C/C(=C\c1ccc(-c2ccc(Cl)c(C(=O)[O-])c2)o1)c1nc2ccccc2[nH]1. The normalized spacial score (nSPS) is 11.5. The number of hydrogen-bond acceptors (Lipinski definition) is 5. The molecule has 2 aromatic heterocycles. The fraction of sp³-hybridized carbons (Fsp3) is 0. The number of allylic oxidation sites excluding steroid dienone is 1. The van der Waals surface area contributed by atoms with Crippen molar-refractivity contribution in [2.24, 2.45) is 0 Å². The van der Waals surface area contributed by atoms with Crippen molar-refractivity contribution >= 4 is 40.3 Å². The van der Waals surface area contributed by atoms with Gasteiger partial charge in [0.2, 0.25) is 0 Å². The molecule has 0 aliphatic rings. The van der Waals surface area contributed by atoms with Crippen LogP contribution in [0.3, 0.4) is 0 Å². The summed E-state index contributed by atoms with van der Waals surface area (Å²) in [5, 5.41) is 20.7. The Morgan fingerprint density at radius 2 is 2.04 bits per heavy atom. The maximum absolute atomic E-state index is 11.1. The molecule has 136 valence electrons. The third kappa shape index (κ3) is 3.27. The van der Waals surface area contributed by atoms with E-state index in [1.807, 2.05) is 24.3 Å². The number of carbonyl (C=O) groups is 1. The maximum Gasteiger partial charge on any atom is 0.149 e. The number of hydrogen-bond donors (Lipinski definition) is 1. The monoisotopic (exact) mass is 388 g/mol. The maximum atomic E-state index is 11.1. The molecule has 7 heteroatoms. The molecule has 0 bridgehead atoms. The van der Waals surface area contributed by atoms with Crippen molar-refractivity contribution in [1.82, 2.24) is 9.97 Å². The summed E-state index contributed by atoms with van der Waals surface area (Å²) in [5.41, 5.74) is 2.31. The molecule has 6 nitrogen and oxygen atoms in total. The topological polar surface area (TPSA) is 106 Å². The first-order valence-electron chi connectivity index (χ1n) is 8.23. The van der Waals surface area contributed by atoms with Crippen LogP contribution in [-0.4, -0.2) is 15.9 Å². The zero-order valence-corrected chi connectivity index (χ0v) is 15.0. The van der Waals surface area contributed by atoms with E-state index >= 15 is 0 Å². The standard InChI is InChI=1S/C21H12ClN3O3/c22-16-7-5-12(10-15(16)21(26)27)19-8-6-14(28-19)9-13(11-23)20-24-17-3-1-2-4-18(17)25-20/h1-10H,(H,24,25)(H,26,27)/p-1/b13-9+. The Balaban J connectivity index is 1.69. The van der Waals surface area contributed by atoms with Gasteiger partial charge in [-0.1, -0.05) is 23.7 Å². The summed E-state index contributed by atoms with van der Waals surface area (Å²) >= 11 is 5.87. The number of benzene rings is 2. The lowest BCUT2D eigenvalue weighted by Crippen LogP contribution is -2.22. The molecule has 0 amide bonds. The number of aromatic amines is 1. The highest BCUT2D eigenvalue weighted by molar-refractivity contribution is 6.33. The summed E-state index contributed by atoms with van der Waals surface area (Å²) < 4.78 is 5.75. The van der Waals surface area contributed by atoms with Crippen LogP contribution in [0.1, 0.15) is 21.9 Å². The Hall–Kier alpha value is -3.82. The summed E-state index contributed by atoms with van der Waals surface area (Å²) in [6.07, 6.45) is 1.57. The van der Waals surface area contributed by atoms with Gasteiger partial charge in [0, 0.05) is 22.2 Å². The molecule has 0 aliphatic heterocycles. The largest absolute Gasteiger partial charge is 0.545 e. The van der Waals surface area contributed by atoms with Gasteiger partial charge in [0.15, 0.2) is 0 Å². The first-order valence-corrected chi connectivity index (χ1v) is 8.61. The fourth-order valence-corrected chi connectivity index (χ4v) is 2.99. The van der Waals surface area contributed by atoms with Gasteiger partial charge >= 0.3 is 0 Å². The minimum atomic E-state index is -1.37. The Morgan fingerprint density at radius 1 is 1.21 bits per heavy atom. The number of imidazole rings is 1. The third-order valence-electron chi connectivity index (χ3n) is 4.15. The average Bonchev–Trinajstić information content (AvgIpc) is 3.33. The van der Waals surface area contributed by atoms with E-state index in [1.54, 1.807) is 24.3 Å². The van der Waals surface area contributed by atoms with Crippen LogP contribution in [0.2, 0.25) is 5.02 Å². The van der Waals surface area contributed by atoms with Gasteiger partial charge in [-0.25, -0.2) is 4.98 Å². The van der Waals surface area contributed by atoms with Crippen molar-refractivity contribution in [2.45, 2.75) is 0 Å². The summed E-state index contributed by atoms with van der Waals surface area (Å²) in [6.45, 7) is 0. The van der Waals surface area contributed by atoms with Crippen LogP contribution in [0.15, 0.2) is 59.0 Å². The van der Waals surface area contributed by atoms with Gasteiger partial charge in [-0.3, -0.25) is 0 Å². The van der Waals surface area contributed by atoms with E-state index in [2.05, 4.69) is 16.0 Å². The minimum Gasteiger partial charge on any atom is -0.545 e. The van der Waals surface area contributed by atoms with Crippen LogP contribution in [0.25, 0.3) is 34.0 Å². The van der Waals surface area contributed by atoms with Gasteiger partial charge in [-0.05, 0) is 42.5 Å². The molecule has 4 rings (SSSR count). The Kier molecular flexibility index (Phi) is 4.44. The van der Waals surface area contributed by atoms with Gasteiger partial charge < -0.3 is 19.3 Å². The van der Waals surface area contributed by atoms with Gasteiger partial charge in [0.05, 0.1) is 22.6 Å². The summed E-state index contributed by atoms with van der Waals surface area (Å²) in [7, 11) is 0. The number of nitriles is 1. The zero-order valence-electron chi connectivity index (χ0n) is 14.3. The van der Waals surface area contributed by atoms with E-state index in [1.165, 1.54) is 12.1 Å². The lowest BCUT2D eigenvalue weighted by molar-refractivity contribution is -0.255. The first kappa shape index (κ1) is 17.6. The average molecular weight is 389 g/mol. The number of carboxylic acid groups (broad SMARTS) is 1. The van der Waals surface area contributed by atoms with Crippen LogP contribution in [0, 0.1) is 11.3 Å². The van der Waals surface area contributed by atoms with Crippen molar-refractivity contribution in [3.63, 3.8) is 0 Å². The Bertz CT molecular complexity index is 1240. The van der Waals surface area contributed by atoms with Gasteiger partial charge in [0.1, 0.15) is 23.4 Å². The molecule has 2 aromatic carbocycles. The molecular formula is C21H11ClN3O3-. The molecule has 0 radical (unpaired) electrons. The molecule has 2 heterocycles. The number of nitrogens with one attached hydrogen (secondary N) is 1. The van der Waals surface area contributed by atoms with E-state index in [0.717, 1.165) is 11.0 Å². The Labute approximate surface area is 164 Å². The van der Waals surface area contributed by atoms with Crippen LogP contribution in [0.4, 0.5) is 0 Å². The predicted molar refractivity (Wildman–Crippen MR) is 103 cm³/mol. The number of para-hydroxylation sites is 2. The lowest BCUT2D eigenvalue weighted by atomic mass is 10.1. The van der Waals surface area contributed by atoms with Crippen LogP contribution in [-0.2, 0) is 0 Å². The van der Waals surface area contributed by atoms with Crippen molar-refractivity contribution in [1.29, 1.82) is 5.26 Å². The van der Waals surface area contributed by atoms with Crippen LogP contribution >= 0.6 is 11.6 Å². The number of halogens is 1. The second-order valence-corrected chi connectivity index (χ2v) is 6.36. The highest BCUT2D eigenvalue weighted by Crippen LogP contribution is 2.28. The van der Waals surface area contributed by atoms with Crippen molar-refractivity contribution < 1.29 is 14.3 Å². The molecule has 0 saturated carbocycles. The number of carbonyl (C=O) groups excluding carboxylic acids is 1. The predicted octanol–water partition coefficient (Wildman–Crippen LogP) is 3.90. The van der Waals surface area contributed by atoms with Gasteiger partial charge in [-0.2, -0.15) is 5.26 Å². The van der Waals surface area contributed by atoms with E-state index in [0.29, 0.717) is 28.5 Å². The smallest absolute Gasteiger partial charge is 0.149 e. The number of furan rings is 1. The molecule has 4 aromatic rings. The molecule has 0 unspecified atom stereocenters. The number of aromatic nitrogens is 2. The van der Waals surface area contributed by atoms with E-state index in [-0.39, 0.29) is 10.6 Å². The van der Waals surface area contributed by atoms with Crippen molar-refractivity contribution in [2.75, 3.05) is 0 Å². The number of carboxylic acids is 1. The molecule has 0 aliphatic carbocycles.